The Morgan fingerprint density at radius 2 is 1.08 bits per heavy atom. The van der Waals surface area contributed by atoms with E-state index in [1.54, 1.807) is 0 Å². The van der Waals surface area contributed by atoms with E-state index >= 15 is 0 Å². The summed E-state index contributed by atoms with van der Waals surface area (Å²) >= 11 is 0. The van der Waals surface area contributed by atoms with E-state index in [4.69, 9.17) is 4.74 Å². The molecular weight excluding hydrogens is 743 g/mol. The maximum absolute atomic E-state index is 13.0. The van der Waals surface area contributed by atoms with Crippen LogP contribution in [0.5, 0.6) is 0 Å². The Kier molecular flexibility index (Phi) is 15.8. The molecule has 328 valence electrons. The molecule has 0 spiro atoms. The molecule has 3 amide bonds. The van der Waals surface area contributed by atoms with Gasteiger partial charge in [0.15, 0.2) is 0 Å². The molecule has 8 nitrogen and oxygen atoms in total. The van der Waals surface area contributed by atoms with Crippen molar-refractivity contribution in [2.75, 3.05) is 32.7 Å². The number of piperidine rings is 4. The number of aryl methyl sites for hydroxylation is 1. The molecule has 0 aromatic heterocycles. The summed E-state index contributed by atoms with van der Waals surface area (Å²) in [6.45, 7) is 19.4. The minimum absolute atomic E-state index is 0.108. The predicted octanol–water partition coefficient (Wildman–Crippen LogP) is 11.6. The van der Waals surface area contributed by atoms with Gasteiger partial charge in [-0.2, -0.15) is 0 Å². The van der Waals surface area contributed by atoms with E-state index in [2.05, 4.69) is 139 Å². The van der Waals surface area contributed by atoms with Gasteiger partial charge >= 0.3 is 12.1 Å². The van der Waals surface area contributed by atoms with Crippen molar-refractivity contribution in [3.63, 3.8) is 0 Å². The van der Waals surface area contributed by atoms with Crippen LogP contribution < -0.4 is 5.32 Å². The van der Waals surface area contributed by atoms with Gasteiger partial charge in [0, 0.05) is 54.9 Å². The third-order valence-electron chi connectivity index (χ3n) is 13.6. The van der Waals surface area contributed by atoms with Gasteiger partial charge in [-0.05, 0) is 149 Å². The van der Waals surface area contributed by atoms with Gasteiger partial charge < -0.3 is 19.9 Å². The number of rotatable bonds is 9. The van der Waals surface area contributed by atoms with Crippen molar-refractivity contribution < 1.29 is 14.3 Å². The summed E-state index contributed by atoms with van der Waals surface area (Å²) in [7, 11) is 0. The highest BCUT2D eigenvalue weighted by Gasteiger charge is 2.44. The molecule has 4 fully saturated rings. The monoisotopic (exact) mass is 820 g/mol. The van der Waals surface area contributed by atoms with Gasteiger partial charge in [-0.3, -0.25) is 9.80 Å². The number of hydrogen-bond acceptors (Lipinski definition) is 5. The first-order valence-electron chi connectivity index (χ1n) is 23.4. The Hall–Kier alpha value is -3.88. The number of nitrogens with one attached hydrogen (secondary N) is 1. The number of amides is 3. The smallest absolute Gasteiger partial charge is 0.410 e. The summed E-state index contributed by atoms with van der Waals surface area (Å²) in [6.07, 6.45) is 14.8. The fraction of sp³-hybridized carbons (Fsp3) is 0.615. The van der Waals surface area contributed by atoms with Gasteiger partial charge in [0.25, 0.3) is 0 Å². The molecule has 4 heterocycles. The van der Waals surface area contributed by atoms with Crippen LogP contribution in [0.25, 0.3) is 0 Å². The normalized spacial score (nSPS) is 24.8. The standard InChI is InChI=1S/C29H41N3O.C23H36N2O2/c1-29(2)23-26(31-21-12-10-18-27(31)25-16-7-4-8-17-25)19-22-32(29)28(33)30-20-11-9-15-24-13-5-3-6-14-24;1-22(2,3)27-21(26)25-16-14-19(17-23(25,4)5)24-15-10-9-13-20(24)18-11-7-6-8-12-18/h3-8,13-14,16-17,26-27H,9-12,15,18-23H2,1-2H3,(H,30,33);6-8,11-12,19-20H,9-10,13-17H2,1-5H3. The summed E-state index contributed by atoms with van der Waals surface area (Å²) in [6, 6.07) is 34.7. The molecule has 0 saturated carbocycles. The highest BCUT2D eigenvalue weighted by atomic mass is 16.6. The van der Waals surface area contributed by atoms with Crippen LogP contribution in [0.1, 0.15) is 154 Å². The highest BCUT2D eigenvalue weighted by Crippen LogP contribution is 2.40. The SMILES string of the molecule is CC(C)(C)OC(=O)N1CCC(N2CCCCC2c2ccccc2)CC1(C)C.CC1(C)CC(N2CCCCC2c2ccccc2)CCN1C(=O)NCCCCc1ccccc1. The van der Waals surface area contributed by atoms with Gasteiger partial charge in [0.05, 0.1) is 0 Å². The molecule has 4 saturated heterocycles. The van der Waals surface area contributed by atoms with Gasteiger partial charge in [-0.15, -0.1) is 0 Å². The van der Waals surface area contributed by atoms with Crippen LogP contribution in [-0.4, -0.2) is 93.2 Å². The molecule has 0 aliphatic carbocycles. The second kappa shape index (κ2) is 20.8. The van der Waals surface area contributed by atoms with E-state index in [-0.39, 0.29) is 23.2 Å². The lowest BCUT2D eigenvalue weighted by atomic mass is 9.83. The number of carbonyl (C=O) groups excluding carboxylic acids is 2. The minimum atomic E-state index is -0.449. The first kappa shape index (κ1) is 45.6. The number of ether oxygens (including phenoxy) is 1. The highest BCUT2D eigenvalue weighted by molar-refractivity contribution is 5.75. The quantitative estimate of drug-likeness (QED) is 0.218. The molecule has 60 heavy (non-hydrogen) atoms. The van der Waals surface area contributed by atoms with Crippen LogP contribution >= 0.6 is 0 Å². The lowest BCUT2D eigenvalue weighted by molar-refractivity contribution is -0.0324. The Bertz CT molecular complexity index is 1760. The van der Waals surface area contributed by atoms with E-state index in [0.717, 1.165) is 71.1 Å². The molecule has 3 aromatic rings. The minimum Gasteiger partial charge on any atom is -0.444 e. The van der Waals surface area contributed by atoms with Crippen molar-refractivity contribution in [2.24, 2.45) is 0 Å². The summed E-state index contributed by atoms with van der Waals surface area (Å²) in [5.41, 5.74) is 3.49. The molecule has 0 radical (unpaired) electrons. The molecule has 1 N–H and O–H groups in total. The lowest BCUT2D eigenvalue weighted by Crippen LogP contribution is -2.60. The van der Waals surface area contributed by atoms with Crippen molar-refractivity contribution >= 4 is 12.1 Å². The zero-order valence-electron chi connectivity index (χ0n) is 38.2. The summed E-state index contributed by atoms with van der Waals surface area (Å²) in [5.74, 6) is 0. The van der Waals surface area contributed by atoms with Crippen molar-refractivity contribution in [1.82, 2.24) is 24.9 Å². The van der Waals surface area contributed by atoms with Crippen LogP contribution in [0, 0.1) is 0 Å². The number of unbranched alkanes of at least 4 members (excludes halogenated alkanes) is 1. The average Bonchev–Trinajstić information content (AvgIpc) is 3.23. The van der Waals surface area contributed by atoms with Crippen LogP contribution in [0.4, 0.5) is 9.59 Å². The third kappa shape index (κ3) is 12.4. The molecule has 4 atom stereocenters. The average molecular weight is 820 g/mol. The predicted molar refractivity (Wildman–Crippen MR) is 246 cm³/mol. The number of likely N-dealkylation sites (tertiary alicyclic amines) is 4. The summed E-state index contributed by atoms with van der Waals surface area (Å²) < 4.78 is 5.66. The maximum atomic E-state index is 13.0. The van der Waals surface area contributed by atoms with Crippen LogP contribution in [0.3, 0.4) is 0 Å². The largest absolute Gasteiger partial charge is 0.444 e. The Morgan fingerprint density at radius 1 is 0.617 bits per heavy atom. The summed E-state index contributed by atoms with van der Waals surface area (Å²) in [4.78, 5) is 35.2. The molecule has 4 aliphatic rings. The first-order valence-corrected chi connectivity index (χ1v) is 23.4. The van der Waals surface area contributed by atoms with Crippen LogP contribution in [0.15, 0.2) is 91.0 Å². The van der Waals surface area contributed by atoms with Crippen molar-refractivity contribution in [1.29, 1.82) is 0 Å². The van der Waals surface area contributed by atoms with Crippen molar-refractivity contribution in [3.8, 4) is 0 Å². The molecule has 4 aliphatic heterocycles. The number of hydrogen-bond donors (Lipinski definition) is 1. The molecule has 3 aromatic carbocycles. The van der Waals surface area contributed by atoms with E-state index in [0.29, 0.717) is 24.2 Å². The number of carbonyl (C=O) groups is 2. The maximum Gasteiger partial charge on any atom is 0.410 e. The second-order valence-corrected chi connectivity index (χ2v) is 20.2. The first-order chi connectivity index (χ1) is 28.7. The Balaban J connectivity index is 0.000000205. The van der Waals surface area contributed by atoms with E-state index in [1.165, 1.54) is 61.8 Å². The molecule has 8 heteroatoms. The molecule has 7 rings (SSSR count). The Morgan fingerprint density at radius 3 is 1.55 bits per heavy atom. The lowest BCUT2D eigenvalue weighted by Gasteiger charge is -2.51. The molecule has 4 unspecified atom stereocenters. The van der Waals surface area contributed by atoms with Gasteiger partial charge in [0.1, 0.15) is 5.60 Å². The molecule has 0 bridgehead atoms. The number of benzene rings is 3. The van der Waals surface area contributed by atoms with E-state index in [1.807, 2.05) is 25.7 Å². The van der Waals surface area contributed by atoms with Crippen LogP contribution in [0.2, 0.25) is 0 Å². The van der Waals surface area contributed by atoms with E-state index in [9.17, 15) is 9.59 Å². The zero-order chi connectivity index (χ0) is 42.8. The van der Waals surface area contributed by atoms with Gasteiger partial charge in [-0.25, -0.2) is 9.59 Å². The molecular formula is C52H77N5O3. The fourth-order valence-corrected chi connectivity index (χ4v) is 10.6. The number of nitrogens with zero attached hydrogens (tertiary/aromatic N) is 4. The fourth-order valence-electron chi connectivity index (χ4n) is 10.6. The Labute approximate surface area is 363 Å². The van der Waals surface area contributed by atoms with Crippen molar-refractivity contribution in [2.45, 2.75) is 173 Å². The second-order valence-electron chi connectivity index (χ2n) is 20.2. The summed E-state index contributed by atoms with van der Waals surface area (Å²) in [5, 5.41) is 3.20. The topological polar surface area (TPSA) is 68.4 Å². The van der Waals surface area contributed by atoms with Gasteiger partial charge in [-0.1, -0.05) is 104 Å². The van der Waals surface area contributed by atoms with Crippen molar-refractivity contribution in [3.05, 3.63) is 108 Å². The number of urea groups is 1. The van der Waals surface area contributed by atoms with E-state index < -0.39 is 5.60 Å². The van der Waals surface area contributed by atoms with Gasteiger partial charge in [0.2, 0.25) is 0 Å². The third-order valence-corrected chi connectivity index (χ3v) is 13.6. The zero-order valence-corrected chi connectivity index (χ0v) is 38.2. The van der Waals surface area contributed by atoms with Crippen LogP contribution in [-0.2, 0) is 11.2 Å².